The largest absolute Gasteiger partial charge is 0.488 e. The Bertz CT molecular complexity index is 317. The van der Waals surface area contributed by atoms with Gasteiger partial charge in [0, 0.05) is 11.4 Å². The molecule has 1 aromatic carbocycles. The van der Waals surface area contributed by atoms with Gasteiger partial charge in [-0.3, -0.25) is 0 Å². The van der Waals surface area contributed by atoms with Gasteiger partial charge < -0.3 is 15.8 Å². The van der Waals surface area contributed by atoms with Crippen LogP contribution in [0.4, 0.5) is 0 Å². The zero-order valence-corrected chi connectivity index (χ0v) is 8.25. The van der Waals surface area contributed by atoms with E-state index in [2.05, 4.69) is 12.6 Å². The number of benzene rings is 1. The first-order chi connectivity index (χ1) is 6.06. The average molecular weight is 197 g/mol. The molecule has 0 unspecified atom stereocenters. The van der Waals surface area contributed by atoms with Crippen molar-refractivity contribution in [3.05, 3.63) is 23.3 Å². The molecule has 1 rings (SSSR count). The summed E-state index contributed by atoms with van der Waals surface area (Å²) in [5.41, 5.74) is 7.53. The first-order valence-electron chi connectivity index (χ1n) is 3.95. The lowest BCUT2D eigenvalue weighted by atomic mass is 9.76. The van der Waals surface area contributed by atoms with Gasteiger partial charge >= 0.3 is 7.12 Å². The summed E-state index contributed by atoms with van der Waals surface area (Å²) in [6.45, 7) is 2.16. The van der Waals surface area contributed by atoms with Gasteiger partial charge in [-0.25, -0.2) is 0 Å². The Labute approximate surface area is 83.1 Å². The van der Waals surface area contributed by atoms with Gasteiger partial charge in [0.15, 0.2) is 0 Å². The van der Waals surface area contributed by atoms with Crippen LogP contribution in [0.3, 0.4) is 0 Å². The maximum absolute atomic E-state index is 9.03. The highest BCUT2D eigenvalue weighted by Gasteiger charge is 2.15. The quantitative estimate of drug-likeness (QED) is 0.379. The number of hydrogen-bond donors (Lipinski definition) is 4. The van der Waals surface area contributed by atoms with Gasteiger partial charge in [0.1, 0.15) is 0 Å². The van der Waals surface area contributed by atoms with Gasteiger partial charge in [-0.2, -0.15) is 0 Å². The van der Waals surface area contributed by atoms with Crippen LogP contribution in [0.25, 0.3) is 0 Å². The normalized spacial score (nSPS) is 10.2. The van der Waals surface area contributed by atoms with Gasteiger partial charge in [0.25, 0.3) is 0 Å². The second kappa shape index (κ2) is 4.15. The molecule has 0 atom stereocenters. The van der Waals surface area contributed by atoms with E-state index in [0.717, 1.165) is 16.0 Å². The predicted molar refractivity (Wildman–Crippen MR) is 56.1 cm³/mol. The van der Waals surface area contributed by atoms with E-state index in [9.17, 15) is 0 Å². The zero-order chi connectivity index (χ0) is 10.0. The van der Waals surface area contributed by atoms with Gasteiger partial charge in [0.2, 0.25) is 0 Å². The Hall–Kier alpha value is -0.485. The number of thiol groups is 1. The van der Waals surface area contributed by atoms with Crippen molar-refractivity contribution in [3.63, 3.8) is 0 Å². The van der Waals surface area contributed by atoms with Crippen LogP contribution in [0.5, 0.6) is 0 Å². The van der Waals surface area contributed by atoms with Crippen LogP contribution in [0.2, 0.25) is 0 Å². The third-order valence-electron chi connectivity index (χ3n) is 1.99. The summed E-state index contributed by atoms with van der Waals surface area (Å²) < 4.78 is 0. The number of nitrogens with two attached hydrogens (primary N) is 1. The van der Waals surface area contributed by atoms with Crippen LogP contribution in [-0.4, -0.2) is 17.2 Å². The monoisotopic (exact) mass is 197 g/mol. The smallest absolute Gasteiger partial charge is 0.423 e. The van der Waals surface area contributed by atoms with Gasteiger partial charge in [-0.05, 0) is 29.6 Å². The van der Waals surface area contributed by atoms with Crippen molar-refractivity contribution in [2.24, 2.45) is 5.73 Å². The molecule has 1 aromatic rings. The van der Waals surface area contributed by atoms with E-state index in [1.807, 2.05) is 6.07 Å². The van der Waals surface area contributed by atoms with E-state index in [1.54, 1.807) is 13.0 Å². The third kappa shape index (κ3) is 2.25. The van der Waals surface area contributed by atoms with Crippen molar-refractivity contribution in [3.8, 4) is 0 Å². The SMILES string of the molecule is Cc1c(S)cc(CN)cc1B(O)O. The van der Waals surface area contributed by atoms with Crippen LogP contribution in [0.1, 0.15) is 11.1 Å². The molecule has 0 heterocycles. The minimum Gasteiger partial charge on any atom is -0.423 e. The van der Waals surface area contributed by atoms with E-state index < -0.39 is 7.12 Å². The number of rotatable bonds is 2. The summed E-state index contributed by atoms with van der Waals surface area (Å²) in [7, 11) is -1.46. The van der Waals surface area contributed by atoms with E-state index in [4.69, 9.17) is 15.8 Å². The molecule has 0 bridgehead atoms. The first kappa shape index (κ1) is 10.6. The standard InChI is InChI=1S/C8H12BNO2S/c1-5-7(9(11)12)2-6(4-10)3-8(5)13/h2-3,11-13H,4,10H2,1H3. The maximum Gasteiger partial charge on any atom is 0.488 e. The van der Waals surface area contributed by atoms with Gasteiger partial charge in [0.05, 0.1) is 0 Å². The molecule has 0 radical (unpaired) electrons. The topological polar surface area (TPSA) is 66.5 Å². The highest BCUT2D eigenvalue weighted by Crippen LogP contribution is 2.13. The molecule has 0 aliphatic carbocycles. The molecule has 0 amide bonds. The van der Waals surface area contributed by atoms with Crippen LogP contribution in [0, 0.1) is 6.92 Å². The summed E-state index contributed by atoms with van der Waals surface area (Å²) in [6.07, 6.45) is 0. The molecule has 5 heteroatoms. The van der Waals surface area contributed by atoms with Crippen LogP contribution in [0.15, 0.2) is 17.0 Å². The fourth-order valence-electron chi connectivity index (χ4n) is 1.17. The molecule has 3 nitrogen and oxygen atoms in total. The molecular weight excluding hydrogens is 185 g/mol. The molecular formula is C8H12BNO2S. The maximum atomic E-state index is 9.03. The Morgan fingerprint density at radius 2 is 2.08 bits per heavy atom. The van der Waals surface area contributed by atoms with Crippen LogP contribution in [-0.2, 0) is 6.54 Å². The molecule has 0 saturated carbocycles. The zero-order valence-electron chi connectivity index (χ0n) is 7.36. The van der Waals surface area contributed by atoms with E-state index in [-0.39, 0.29) is 0 Å². The molecule has 0 aliphatic rings. The Morgan fingerprint density at radius 1 is 1.46 bits per heavy atom. The summed E-state index contributed by atoms with van der Waals surface area (Å²) >= 11 is 4.21. The highest BCUT2D eigenvalue weighted by molar-refractivity contribution is 7.80. The second-order valence-corrected chi connectivity index (χ2v) is 3.39. The van der Waals surface area contributed by atoms with Gasteiger partial charge in [-0.15, -0.1) is 12.6 Å². The van der Waals surface area contributed by atoms with Crippen molar-refractivity contribution < 1.29 is 10.0 Å². The molecule has 0 fully saturated rings. The van der Waals surface area contributed by atoms with Crippen molar-refractivity contribution in [1.29, 1.82) is 0 Å². The van der Waals surface area contributed by atoms with Crippen molar-refractivity contribution in [2.75, 3.05) is 0 Å². The lowest BCUT2D eigenvalue weighted by Gasteiger charge is -2.09. The summed E-state index contributed by atoms with van der Waals surface area (Å²) in [6, 6.07) is 3.50. The van der Waals surface area contributed by atoms with E-state index >= 15 is 0 Å². The fraction of sp³-hybridized carbons (Fsp3) is 0.250. The summed E-state index contributed by atoms with van der Waals surface area (Å²) in [5.74, 6) is 0. The molecule has 0 spiro atoms. The molecule has 0 aliphatic heterocycles. The third-order valence-corrected chi connectivity index (χ3v) is 2.46. The first-order valence-corrected chi connectivity index (χ1v) is 4.39. The second-order valence-electron chi connectivity index (χ2n) is 2.91. The Morgan fingerprint density at radius 3 is 2.54 bits per heavy atom. The minimum absolute atomic E-state index is 0.369. The molecule has 0 saturated heterocycles. The Kier molecular flexibility index (Phi) is 3.38. The predicted octanol–water partition coefficient (Wildman–Crippen LogP) is -0.578. The van der Waals surface area contributed by atoms with Gasteiger partial charge in [-0.1, -0.05) is 6.07 Å². The summed E-state index contributed by atoms with van der Waals surface area (Å²) in [5, 5.41) is 18.1. The van der Waals surface area contributed by atoms with Crippen molar-refractivity contribution in [2.45, 2.75) is 18.4 Å². The Balaban J connectivity index is 3.25. The lowest BCUT2D eigenvalue weighted by molar-refractivity contribution is 0.425. The fourth-order valence-corrected chi connectivity index (χ4v) is 1.46. The van der Waals surface area contributed by atoms with Crippen molar-refractivity contribution in [1.82, 2.24) is 0 Å². The highest BCUT2D eigenvalue weighted by atomic mass is 32.1. The molecule has 0 aromatic heterocycles. The molecule has 13 heavy (non-hydrogen) atoms. The molecule has 70 valence electrons. The van der Waals surface area contributed by atoms with E-state index in [1.165, 1.54) is 0 Å². The van der Waals surface area contributed by atoms with Crippen molar-refractivity contribution >= 4 is 25.2 Å². The average Bonchev–Trinajstić information content (AvgIpc) is 2.09. The number of hydrogen-bond acceptors (Lipinski definition) is 4. The molecule has 4 N–H and O–H groups in total. The summed E-state index contributed by atoms with van der Waals surface area (Å²) in [4.78, 5) is 0.728. The van der Waals surface area contributed by atoms with E-state index in [0.29, 0.717) is 12.0 Å². The van der Waals surface area contributed by atoms with Crippen LogP contribution >= 0.6 is 12.6 Å². The van der Waals surface area contributed by atoms with Crippen LogP contribution < -0.4 is 11.2 Å². The minimum atomic E-state index is -1.46. The lowest BCUT2D eigenvalue weighted by Crippen LogP contribution is -2.33.